The second-order valence-electron chi connectivity index (χ2n) is 6.97. The Morgan fingerprint density at radius 1 is 1.21 bits per heavy atom. The highest BCUT2D eigenvalue weighted by atomic mass is 32.1. The maximum atomic E-state index is 13.9. The van der Waals surface area contributed by atoms with Crippen LogP contribution in [-0.2, 0) is 0 Å². The molecule has 0 saturated carbocycles. The number of nitrogens with zero attached hydrogens (tertiary/aromatic N) is 1. The lowest BCUT2D eigenvalue weighted by atomic mass is 10.0. The summed E-state index contributed by atoms with van der Waals surface area (Å²) in [5.74, 6) is 0.369. The van der Waals surface area contributed by atoms with Crippen LogP contribution in [0.1, 0.15) is 34.1 Å². The van der Waals surface area contributed by atoms with Crippen LogP contribution in [0.15, 0.2) is 48.5 Å². The van der Waals surface area contributed by atoms with Crippen LogP contribution in [0.25, 0.3) is 10.1 Å². The van der Waals surface area contributed by atoms with Crippen molar-refractivity contribution in [1.82, 2.24) is 10.2 Å². The van der Waals surface area contributed by atoms with Crippen LogP contribution in [-0.4, -0.2) is 37.6 Å². The van der Waals surface area contributed by atoms with Gasteiger partial charge < -0.3 is 10.1 Å². The molecule has 1 atom stereocenters. The first-order valence-electron chi connectivity index (χ1n) is 9.50. The van der Waals surface area contributed by atoms with Crippen molar-refractivity contribution >= 4 is 27.3 Å². The molecule has 0 aliphatic carbocycles. The molecule has 1 aromatic heterocycles. The Balaban J connectivity index is 1.55. The fourth-order valence-corrected chi connectivity index (χ4v) is 4.84. The first-order chi connectivity index (χ1) is 13.7. The number of para-hydroxylation sites is 1. The number of halogens is 1. The summed E-state index contributed by atoms with van der Waals surface area (Å²) in [7, 11) is 1.67. The number of benzene rings is 2. The van der Waals surface area contributed by atoms with E-state index in [-0.39, 0.29) is 17.8 Å². The minimum absolute atomic E-state index is 0.0497. The molecular formula is C22H23FN2O2S. The standard InChI is InChI=1S/C22H23FN2O2S/c1-27-19-9-3-2-7-15(19)18(25-11-4-5-12-25)14-24-22(26)21-13-16-17(23)8-6-10-20(16)28-21/h2-3,6-10,13,18H,4-5,11-12,14H2,1H3,(H,24,26). The molecule has 1 N–H and O–H groups in total. The van der Waals surface area contributed by atoms with E-state index >= 15 is 0 Å². The summed E-state index contributed by atoms with van der Waals surface area (Å²) < 4.78 is 20.3. The molecule has 4 nitrogen and oxygen atoms in total. The third-order valence-electron chi connectivity index (χ3n) is 5.27. The van der Waals surface area contributed by atoms with E-state index in [9.17, 15) is 9.18 Å². The lowest BCUT2D eigenvalue weighted by Crippen LogP contribution is -2.36. The molecule has 1 aliphatic rings. The SMILES string of the molecule is COc1ccccc1C(CNC(=O)c1cc2c(F)cccc2s1)N1CCCC1. The third kappa shape index (κ3) is 3.75. The molecule has 28 heavy (non-hydrogen) atoms. The van der Waals surface area contributed by atoms with Crippen molar-refractivity contribution in [2.75, 3.05) is 26.7 Å². The summed E-state index contributed by atoms with van der Waals surface area (Å²) in [4.78, 5) is 15.7. The first-order valence-corrected chi connectivity index (χ1v) is 10.3. The molecule has 1 saturated heterocycles. The molecule has 1 unspecified atom stereocenters. The highest BCUT2D eigenvalue weighted by molar-refractivity contribution is 7.20. The van der Waals surface area contributed by atoms with Gasteiger partial charge in [0.25, 0.3) is 5.91 Å². The summed E-state index contributed by atoms with van der Waals surface area (Å²) in [5.41, 5.74) is 1.08. The highest BCUT2D eigenvalue weighted by Crippen LogP contribution is 2.32. The number of hydrogen-bond donors (Lipinski definition) is 1. The Morgan fingerprint density at radius 3 is 2.75 bits per heavy atom. The summed E-state index contributed by atoms with van der Waals surface area (Å²) in [6, 6.07) is 14.6. The van der Waals surface area contributed by atoms with Crippen LogP contribution in [0.5, 0.6) is 5.75 Å². The number of carbonyl (C=O) groups excluding carboxylic acids is 1. The molecule has 146 valence electrons. The van der Waals surface area contributed by atoms with Gasteiger partial charge >= 0.3 is 0 Å². The van der Waals surface area contributed by atoms with E-state index in [2.05, 4.69) is 16.3 Å². The molecule has 1 aliphatic heterocycles. The van der Waals surface area contributed by atoms with Crippen molar-refractivity contribution in [1.29, 1.82) is 0 Å². The molecule has 2 aromatic carbocycles. The molecule has 1 fully saturated rings. The summed E-state index contributed by atoms with van der Waals surface area (Å²) in [6.45, 7) is 2.50. The maximum absolute atomic E-state index is 13.9. The van der Waals surface area contributed by atoms with Crippen LogP contribution >= 0.6 is 11.3 Å². The molecule has 1 amide bonds. The van der Waals surface area contributed by atoms with E-state index in [1.54, 1.807) is 19.2 Å². The molecule has 6 heteroatoms. The fourth-order valence-electron chi connectivity index (χ4n) is 3.84. The van der Waals surface area contributed by atoms with Crippen LogP contribution < -0.4 is 10.1 Å². The Kier molecular flexibility index (Phi) is 5.59. The number of ether oxygens (including phenoxy) is 1. The van der Waals surface area contributed by atoms with Gasteiger partial charge in [-0.05, 0) is 50.2 Å². The number of fused-ring (bicyclic) bond motifs is 1. The van der Waals surface area contributed by atoms with Gasteiger partial charge in [0, 0.05) is 22.2 Å². The second-order valence-corrected chi connectivity index (χ2v) is 8.06. The number of methoxy groups -OCH3 is 1. The number of rotatable bonds is 6. The van der Waals surface area contributed by atoms with E-state index in [0.29, 0.717) is 16.8 Å². The second kappa shape index (κ2) is 8.29. The summed E-state index contributed by atoms with van der Waals surface area (Å²) in [6.07, 6.45) is 2.32. The average Bonchev–Trinajstić information content (AvgIpc) is 3.39. The smallest absolute Gasteiger partial charge is 0.261 e. The fraction of sp³-hybridized carbons (Fsp3) is 0.318. The lowest BCUT2D eigenvalue weighted by Gasteiger charge is -2.29. The monoisotopic (exact) mass is 398 g/mol. The number of hydrogen-bond acceptors (Lipinski definition) is 4. The molecule has 0 bridgehead atoms. The molecule has 4 rings (SSSR count). The van der Waals surface area contributed by atoms with Gasteiger partial charge in [-0.25, -0.2) is 4.39 Å². The summed E-state index contributed by atoms with van der Waals surface area (Å²) >= 11 is 1.32. The first kappa shape index (κ1) is 18.9. The van der Waals surface area contributed by atoms with Crippen molar-refractivity contribution in [2.24, 2.45) is 0 Å². The number of thiophene rings is 1. The Morgan fingerprint density at radius 2 is 2.00 bits per heavy atom. The average molecular weight is 399 g/mol. The van der Waals surface area contributed by atoms with Crippen molar-refractivity contribution in [3.05, 3.63) is 64.8 Å². The highest BCUT2D eigenvalue weighted by Gasteiger charge is 2.26. The Hall–Kier alpha value is -2.44. The third-order valence-corrected chi connectivity index (χ3v) is 6.37. The van der Waals surface area contributed by atoms with Gasteiger partial charge in [-0.1, -0.05) is 24.3 Å². The maximum Gasteiger partial charge on any atom is 0.261 e. The van der Waals surface area contributed by atoms with Crippen LogP contribution in [0.4, 0.5) is 4.39 Å². The van der Waals surface area contributed by atoms with Gasteiger partial charge in [0.15, 0.2) is 0 Å². The van der Waals surface area contributed by atoms with Gasteiger partial charge in [0.1, 0.15) is 11.6 Å². The van der Waals surface area contributed by atoms with Crippen molar-refractivity contribution in [3.63, 3.8) is 0 Å². The lowest BCUT2D eigenvalue weighted by molar-refractivity contribution is 0.0941. The number of likely N-dealkylation sites (tertiary alicyclic amines) is 1. The van der Waals surface area contributed by atoms with E-state index in [4.69, 9.17) is 4.74 Å². The van der Waals surface area contributed by atoms with Crippen molar-refractivity contribution in [3.8, 4) is 5.75 Å². The predicted octanol–water partition coefficient (Wildman–Crippen LogP) is 4.62. The van der Waals surface area contributed by atoms with Gasteiger partial charge in [-0.2, -0.15) is 0 Å². The van der Waals surface area contributed by atoms with Gasteiger partial charge in [-0.15, -0.1) is 11.3 Å². The van der Waals surface area contributed by atoms with Crippen LogP contribution in [0.2, 0.25) is 0 Å². The zero-order chi connectivity index (χ0) is 19.5. The van der Waals surface area contributed by atoms with Crippen molar-refractivity contribution < 1.29 is 13.9 Å². The van der Waals surface area contributed by atoms with Crippen LogP contribution in [0, 0.1) is 5.82 Å². The summed E-state index contributed by atoms with van der Waals surface area (Å²) in [5, 5.41) is 3.56. The van der Waals surface area contributed by atoms with E-state index in [1.807, 2.05) is 24.3 Å². The predicted molar refractivity (Wildman–Crippen MR) is 111 cm³/mol. The van der Waals surface area contributed by atoms with Gasteiger partial charge in [0.2, 0.25) is 0 Å². The molecule has 0 radical (unpaired) electrons. The molecule has 2 heterocycles. The van der Waals surface area contributed by atoms with E-state index < -0.39 is 0 Å². The van der Waals surface area contributed by atoms with E-state index in [1.165, 1.54) is 17.4 Å². The van der Waals surface area contributed by atoms with Crippen molar-refractivity contribution in [2.45, 2.75) is 18.9 Å². The van der Waals surface area contributed by atoms with Gasteiger partial charge in [-0.3, -0.25) is 9.69 Å². The normalized spacial score (nSPS) is 15.6. The minimum Gasteiger partial charge on any atom is -0.496 e. The van der Waals surface area contributed by atoms with Crippen LogP contribution in [0.3, 0.4) is 0 Å². The Labute approximate surface area is 167 Å². The molecule has 3 aromatic rings. The number of nitrogens with one attached hydrogen (secondary N) is 1. The number of amides is 1. The quantitative estimate of drug-likeness (QED) is 0.659. The number of carbonyl (C=O) groups is 1. The zero-order valence-electron chi connectivity index (χ0n) is 15.8. The topological polar surface area (TPSA) is 41.6 Å². The zero-order valence-corrected chi connectivity index (χ0v) is 16.6. The Bertz CT molecular complexity index is 982. The van der Waals surface area contributed by atoms with E-state index in [0.717, 1.165) is 41.9 Å². The largest absolute Gasteiger partial charge is 0.496 e. The molecule has 0 spiro atoms. The minimum atomic E-state index is -0.295. The molecular weight excluding hydrogens is 375 g/mol. The van der Waals surface area contributed by atoms with Gasteiger partial charge in [0.05, 0.1) is 18.0 Å².